The molecule has 0 unspecified atom stereocenters. The number of aliphatic imine (C=N–C) groups is 1. The van der Waals surface area contributed by atoms with Crippen LogP contribution < -0.4 is 4.74 Å². The van der Waals surface area contributed by atoms with E-state index >= 15 is 0 Å². The first-order chi connectivity index (χ1) is 16.1. The molecule has 178 valence electrons. The number of ether oxygens (including phenoxy) is 2. The summed E-state index contributed by atoms with van der Waals surface area (Å²) in [6, 6.07) is 19.0. The Labute approximate surface area is 212 Å². The van der Waals surface area contributed by atoms with Gasteiger partial charge in [-0.2, -0.15) is 0 Å². The lowest BCUT2D eigenvalue weighted by Gasteiger charge is -2.24. The van der Waals surface area contributed by atoms with Crippen molar-refractivity contribution < 1.29 is 23.0 Å². The van der Waals surface area contributed by atoms with Gasteiger partial charge in [-0.15, -0.1) is 0 Å². The predicted molar refractivity (Wildman–Crippen MR) is 137 cm³/mol. The van der Waals surface area contributed by atoms with Crippen LogP contribution in [0.4, 0.5) is 8.78 Å². The maximum absolute atomic E-state index is 14.3. The van der Waals surface area contributed by atoms with Crippen molar-refractivity contribution in [2.24, 2.45) is 4.99 Å². The smallest absolute Gasteiger partial charge is 0.331 e. The van der Waals surface area contributed by atoms with E-state index in [4.69, 9.17) is 14.5 Å². The van der Waals surface area contributed by atoms with Crippen molar-refractivity contribution in [2.45, 2.75) is 38.8 Å². The number of hydrogen-bond donors (Lipinski definition) is 0. The Balaban J connectivity index is 2.16. The minimum atomic E-state index is -1.02. The predicted octanol–water partition coefficient (Wildman–Crippen LogP) is 6.37. The first-order valence-corrected chi connectivity index (χ1v) is 11.8. The van der Waals surface area contributed by atoms with Gasteiger partial charge < -0.3 is 9.47 Å². The van der Waals surface area contributed by atoms with Gasteiger partial charge in [-0.3, -0.25) is 4.99 Å². The van der Waals surface area contributed by atoms with Crippen LogP contribution in [0.1, 0.15) is 37.5 Å². The van der Waals surface area contributed by atoms with Gasteiger partial charge in [0.25, 0.3) is 0 Å². The molecule has 0 aliphatic rings. The second kappa shape index (κ2) is 11.1. The number of carbonyl (C=O) groups excluding carboxylic acids is 1. The normalized spacial score (nSPS) is 12.1. The zero-order chi connectivity index (χ0) is 24.9. The first-order valence-electron chi connectivity index (χ1n) is 10.7. The Kier molecular flexibility index (Phi) is 8.41. The van der Waals surface area contributed by atoms with Crippen molar-refractivity contribution in [3.63, 3.8) is 0 Å². The molecule has 3 rings (SSSR count). The van der Waals surface area contributed by atoms with E-state index in [2.05, 4.69) is 0 Å². The molecule has 0 saturated heterocycles. The highest BCUT2D eigenvalue weighted by atomic mass is 127. The molecule has 3 aromatic rings. The van der Waals surface area contributed by atoms with Gasteiger partial charge in [0.15, 0.2) is 17.7 Å². The molecule has 7 heteroatoms. The number of carbonyl (C=O) groups is 1. The number of hydrogen-bond acceptors (Lipinski definition) is 4. The Morgan fingerprint density at radius 3 is 2.00 bits per heavy atom. The second-order valence-corrected chi connectivity index (χ2v) is 9.72. The van der Waals surface area contributed by atoms with Crippen LogP contribution in [-0.2, 0) is 16.0 Å². The quantitative estimate of drug-likeness (QED) is 0.142. The van der Waals surface area contributed by atoms with Crippen molar-refractivity contribution in [3.8, 4) is 5.75 Å². The summed E-state index contributed by atoms with van der Waals surface area (Å²) in [5, 5.41) is 0. The molecule has 0 aromatic heterocycles. The number of halogens is 3. The van der Waals surface area contributed by atoms with Gasteiger partial charge in [0.05, 0.1) is 16.4 Å². The van der Waals surface area contributed by atoms with Crippen LogP contribution in [0.5, 0.6) is 5.75 Å². The third kappa shape index (κ3) is 6.40. The summed E-state index contributed by atoms with van der Waals surface area (Å²) in [5.41, 5.74) is 1.79. The van der Waals surface area contributed by atoms with Crippen molar-refractivity contribution in [2.75, 3.05) is 7.11 Å². The molecule has 0 aliphatic carbocycles. The van der Waals surface area contributed by atoms with E-state index in [0.717, 1.165) is 17.2 Å². The molecule has 4 nitrogen and oxygen atoms in total. The molecular formula is C27H26F2INO3. The van der Waals surface area contributed by atoms with E-state index in [1.54, 1.807) is 43.4 Å². The van der Waals surface area contributed by atoms with E-state index in [0.29, 0.717) is 11.3 Å². The van der Waals surface area contributed by atoms with Crippen LogP contribution in [0.15, 0.2) is 71.7 Å². The lowest BCUT2D eigenvalue weighted by molar-refractivity contribution is -0.156. The van der Waals surface area contributed by atoms with E-state index < -0.39 is 29.2 Å². The molecule has 0 fully saturated rings. The number of benzene rings is 3. The van der Waals surface area contributed by atoms with Gasteiger partial charge in [0, 0.05) is 23.1 Å². The SMILES string of the molecule is COc1c(C[C@H](N=C(c2ccccc2)c2ccccc2)C(=O)OC(C)(C)C)cc(F)c(F)c1I. The largest absolute Gasteiger partial charge is 0.495 e. The summed E-state index contributed by atoms with van der Waals surface area (Å²) < 4.78 is 39.4. The third-order valence-electron chi connectivity index (χ3n) is 4.87. The van der Waals surface area contributed by atoms with Crippen molar-refractivity contribution in [1.29, 1.82) is 0 Å². The minimum absolute atomic E-state index is 0.00774. The van der Waals surface area contributed by atoms with Gasteiger partial charge in [-0.05, 0) is 49.4 Å². The molecule has 1 atom stereocenters. The molecule has 34 heavy (non-hydrogen) atoms. The molecule has 0 amide bonds. The number of esters is 1. The molecule has 0 saturated carbocycles. The molecule has 0 spiro atoms. The highest BCUT2D eigenvalue weighted by molar-refractivity contribution is 14.1. The van der Waals surface area contributed by atoms with E-state index in [1.807, 2.05) is 60.7 Å². The highest BCUT2D eigenvalue weighted by Crippen LogP contribution is 2.32. The molecule has 3 aromatic carbocycles. The van der Waals surface area contributed by atoms with E-state index in [1.165, 1.54) is 7.11 Å². The van der Waals surface area contributed by atoms with Crippen LogP contribution in [0.25, 0.3) is 0 Å². The van der Waals surface area contributed by atoms with Gasteiger partial charge in [0.2, 0.25) is 0 Å². The fourth-order valence-electron chi connectivity index (χ4n) is 3.42. The Morgan fingerprint density at radius 2 is 1.53 bits per heavy atom. The fourth-order valence-corrected chi connectivity index (χ4v) is 4.25. The molecule has 0 N–H and O–H groups in total. The highest BCUT2D eigenvalue weighted by Gasteiger charge is 2.29. The standard InChI is InChI=1S/C27H26F2INO3/c1-27(2,3)34-26(32)21(16-19-15-20(28)22(29)23(30)25(19)33-4)31-24(17-11-7-5-8-12-17)18-13-9-6-10-14-18/h5-15,21H,16H2,1-4H3/t21-/m0/s1. The summed E-state index contributed by atoms with van der Waals surface area (Å²) in [4.78, 5) is 18.1. The lowest BCUT2D eigenvalue weighted by Crippen LogP contribution is -2.33. The summed E-state index contributed by atoms with van der Waals surface area (Å²) in [7, 11) is 1.38. The lowest BCUT2D eigenvalue weighted by atomic mass is 10.00. The van der Waals surface area contributed by atoms with Crippen LogP contribution in [0.3, 0.4) is 0 Å². The monoisotopic (exact) mass is 577 g/mol. The summed E-state index contributed by atoms with van der Waals surface area (Å²) in [6.07, 6.45) is -0.0333. The number of nitrogens with zero attached hydrogens (tertiary/aromatic N) is 1. The summed E-state index contributed by atoms with van der Waals surface area (Å²) >= 11 is 1.69. The Hall–Kier alpha value is -2.81. The zero-order valence-corrected chi connectivity index (χ0v) is 21.6. The van der Waals surface area contributed by atoms with Crippen molar-refractivity contribution in [1.82, 2.24) is 0 Å². The molecule has 0 radical (unpaired) electrons. The maximum atomic E-state index is 14.3. The van der Waals surface area contributed by atoms with Crippen LogP contribution in [-0.4, -0.2) is 30.4 Å². The van der Waals surface area contributed by atoms with Crippen molar-refractivity contribution in [3.05, 3.63) is 98.6 Å². The number of methoxy groups -OCH3 is 1. The zero-order valence-electron chi connectivity index (χ0n) is 19.4. The van der Waals surface area contributed by atoms with Gasteiger partial charge in [-0.25, -0.2) is 13.6 Å². The number of rotatable bonds is 7. The van der Waals surface area contributed by atoms with E-state index in [-0.39, 0.29) is 15.7 Å². The molecule has 0 heterocycles. The van der Waals surface area contributed by atoms with Crippen molar-refractivity contribution >= 4 is 34.3 Å². The molecular weight excluding hydrogens is 551 g/mol. The average Bonchev–Trinajstić information content (AvgIpc) is 2.80. The molecule has 0 aliphatic heterocycles. The van der Waals surface area contributed by atoms with Crippen LogP contribution in [0.2, 0.25) is 0 Å². The van der Waals surface area contributed by atoms with Gasteiger partial charge in [-0.1, -0.05) is 60.7 Å². The Bertz CT molecular complexity index is 1130. The Morgan fingerprint density at radius 1 is 1.00 bits per heavy atom. The second-order valence-electron chi connectivity index (χ2n) is 8.64. The fraction of sp³-hybridized carbons (Fsp3) is 0.259. The first kappa shape index (κ1) is 25.8. The van der Waals surface area contributed by atoms with Gasteiger partial charge in [0.1, 0.15) is 11.4 Å². The maximum Gasteiger partial charge on any atom is 0.331 e. The van der Waals surface area contributed by atoms with Gasteiger partial charge >= 0.3 is 5.97 Å². The molecule has 0 bridgehead atoms. The topological polar surface area (TPSA) is 47.9 Å². The summed E-state index contributed by atoms with van der Waals surface area (Å²) in [5.74, 6) is -2.41. The average molecular weight is 577 g/mol. The third-order valence-corrected chi connectivity index (χ3v) is 5.83. The van der Waals surface area contributed by atoms with Crippen LogP contribution >= 0.6 is 22.6 Å². The van der Waals surface area contributed by atoms with E-state index in [9.17, 15) is 13.6 Å². The minimum Gasteiger partial charge on any atom is -0.495 e. The summed E-state index contributed by atoms with van der Waals surface area (Å²) in [6.45, 7) is 5.30. The van der Waals surface area contributed by atoms with Crippen LogP contribution in [0, 0.1) is 15.2 Å².